The third-order valence-electron chi connectivity index (χ3n) is 2.35. The first-order valence-electron chi connectivity index (χ1n) is 5.71. The second kappa shape index (κ2) is 6.44. The fraction of sp³-hybridized carbons (Fsp3) is 0.417. The predicted octanol–water partition coefficient (Wildman–Crippen LogP) is 1.78. The van der Waals surface area contributed by atoms with Crippen LogP contribution < -0.4 is 10.6 Å². The van der Waals surface area contributed by atoms with Crippen LogP contribution >= 0.6 is 0 Å². The normalized spacial score (nSPS) is 9.58. The number of nitriles is 1. The van der Waals surface area contributed by atoms with Gasteiger partial charge in [0.2, 0.25) is 5.88 Å². The van der Waals surface area contributed by atoms with Crippen LogP contribution in [0.15, 0.2) is 4.42 Å². The highest BCUT2D eigenvalue weighted by atomic mass is 16.5. The second-order valence-corrected chi connectivity index (χ2v) is 3.72. The summed E-state index contributed by atoms with van der Waals surface area (Å²) >= 11 is 0. The van der Waals surface area contributed by atoms with E-state index in [9.17, 15) is 9.59 Å². The van der Waals surface area contributed by atoms with Gasteiger partial charge in [-0.1, -0.05) is 6.92 Å². The maximum atomic E-state index is 11.5. The average molecular weight is 265 g/mol. The number of urea groups is 1. The summed E-state index contributed by atoms with van der Waals surface area (Å²) in [5, 5.41) is 14.0. The molecule has 7 nitrogen and oxygen atoms in total. The summed E-state index contributed by atoms with van der Waals surface area (Å²) in [6.07, 6.45) is 0.781. The average Bonchev–Trinajstić information content (AvgIpc) is 2.71. The van der Waals surface area contributed by atoms with E-state index in [1.165, 1.54) is 14.0 Å². The Bertz CT molecular complexity index is 528. The zero-order valence-corrected chi connectivity index (χ0v) is 11.0. The molecule has 19 heavy (non-hydrogen) atoms. The Kier molecular flexibility index (Phi) is 4.94. The molecule has 0 bridgehead atoms. The number of aryl methyl sites for hydroxylation is 1. The van der Waals surface area contributed by atoms with Gasteiger partial charge in [-0.2, -0.15) is 5.26 Å². The van der Waals surface area contributed by atoms with Gasteiger partial charge < -0.3 is 14.5 Å². The highest BCUT2D eigenvalue weighted by Gasteiger charge is 2.25. The summed E-state index contributed by atoms with van der Waals surface area (Å²) in [5.74, 6) is -0.525. The lowest BCUT2D eigenvalue weighted by molar-refractivity contribution is 0.0598. The fourth-order valence-electron chi connectivity index (χ4n) is 1.47. The summed E-state index contributed by atoms with van der Waals surface area (Å²) in [5.41, 5.74) is -0.0215. The molecule has 0 saturated heterocycles. The molecule has 0 radical (unpaired) electrons. The molecule has 0 saturated carbocycles. The van der Waals surface area contributed by atoms with Gasteiger partial charge in [-0.15, -0.1) is 0 Å². The van der Waals surface area contributed by atoms with Crippen LogP contribution in [0.1, 0.15) is 35.0 Å². The molecule has 0 aliphatic carbocycles. The number of carbonyl (C=O) groups is 2. The van der Waals surface area contributed by atoms with Crippen LogP contribution in [0.25, 0.3) is 0 Å². The number of carbonyl (C=O) groups excluding carboxylic acids is 2. The van der Waals surface area contributed by atoms with Crippen LogP contribution in [-0.4, -0.2) is 25.7 Å². The minimum absolute atomic E-state index is 0.0239. The predicted molar refractivity (Wildman–Crippen MR) is 66.8 cm³/mol. The first-order valence-corrected chi connectivity index (χ1v) is 5.71. The number of rotatable bonds is 4. The standard InChI is InChI=1S/C12H15N3O4/c1-4-5-14-12(17)15-10-8(6-13)9(7(2)19-10)11(16)18-3/h4-5H2,1-3H3,(H2,14,15,17). The fourth-order valence-corrected chi connectivity index (χ4v) is 1.47. The Balaban J connectivity index is 3.00. The first-order chi connectivity index (χ1) is 9.04. The topological polar surface area (TPSA) is 104 Å². The zero-order valence-electron chi connectivity index (χ0n) is 11.0. The maximum absolute atomic E-state index is 11.5. The number of anilines is 1. The number of nitrogens with one attached hydrogen (secondary N) is 2. The van der Waals surface area contributed by atoms with Crippen molar-refractivity contribution in [2.75, 3.05) is 19.0 Å². The quantitative estimate of drug-likeness (QED) is 0.807. The largest absolute Gasteiger partial charge is 0.465 e. The van der Waals surface area contributed by atoms with Gasteiger partial charge in [0.05, 0.1) is 7.11 Å². The Morgan fingerprint density at radius 2 is 2.16 bits per heavy atom. The van der Waals surface area contributed by atoms with E-state index < -0.39 is 12.0 Å². The summed E-state index contributed by atoms with van der Waals surface area (Å²) in [7, 11) is 1.21. The molecular formula is C12H15N3O4. The summed E-state index contributed by atoms with van der Waals surface area (Å²) in [6, 6.07) is 1.33. The van der Waals surface area contributed by atoms with Crippen molar-refractivity contribution in [1.82, 2.24) is 5.32 Å². The Hall–Kier alpha value is -2.49. The Morgan fingerprint density at radius 3 is 2.68 bits per heavy atom. The molecule has 0 aliphatic heterocycles. The van der Waals surface area contributed by atoms with Gasteiger partial charge in [-0.3, -0.25) is 5.32 Å². The molecule has 2 amide bonds. The number of nitrogens with zero attached hydrogens (tertiary/aromatic N) is 1. The minimum atomic E-state index is -0.681. The number of ether oxygens (including phenoxy) is 1. The van der Waals surface area contributed by atoms with Gasteiger partial charge in [0.25, 0.3) is 0 Å². The van der Waals surface area contributed by atoms with Crippen LogP contribution in [0.5, 0.6) is 0 Å². The van der Waals surface area contributed by atoms with E-state index in [1.807, 2.05) is 13.0 Å². The summed E-state index contributed by atoms with van der Waals surface area (Å²) < 4.78 is 9.78. The third kappa shape index (κ3) is 3.25. The molecule has 7 heteroatoms. The summed E-state index contributed by atoms with van der Waals surface area (Å²) in [6.45, 7) is 3.92. The number of hydrogen-bond acceptors (Lipinski definition) is 5. The van der Waals surface area contributed by atoms with Crippen molar-refractivity contribution in [1.29, 1.82) is 5.26 Å². The van der Waals surface area contributed by atoms with E-state index in [0.29, 0.717) is 6.54 Å². The van der Waals surface area contributed by atoms with Crippen molar-refractivity contribution in [2.24, 2.45) is 0 Å². The molecule has 0 spiro atoms. The minimum Gasteiger partial charge on any atom is -0.465 e. The molecule has 2 N–H and O–H groups in total. The van der Waals surface area contributed by atoms with E-state index in [-0.39, 0.29) is 22.8 Å². The van der Waals surface area contributed by atoms with E-state index in [2.05, 4.69) is 15.4 Å². The molecule has 0 atom stereocenters. The van der Waals surface area contributed by atoms with E-state index in [0.717, 1.165) is 6.42 Å². The van der Waals surface area contributed by atoms with Crippen molar-refractivity contribution in [3.05, 3.63) is 16.9 Å². The molecule has 0 fully saturated rings. The zero-order chi connectivity index (χ0) is 14.4. The van der Waals surface area contributed by atoms with Gasteiger partial charge in [0.1, 0.15) is 23.0 Å². The monoisotopic (exact) mass is 265 g/mol. The number of methoxy groups -OCH3 is 1. The number of hydrogen-bond donors (Lipinski definition) is 2. The van der Waals surface area contributed by atoms with Gasteiger partial charge in [-0.25, -0.2) is 9.59 Å². The highest BCUT2D eigenvalue weighted by molar-refractivity contribution is 5.97. The molecule has 0 aromatic carbocycles. The van der Waals surface area contributed by atoms with Gasteiger partial charge in [-0.05, 0) is 13.3 Å². The third-order valence-corrected chi connectivity index (χ3v) is 2.35. The summed E-state index contributed by atoms with van der Waals surface area (Å²) in [4.78, 5) is 23.0. The van der Waals surface area contributed by atoms with E-state index >= 15 is 0 Å². The molecule has 0 unspecified atom stereocenters. The van der Waals surface area contributed by atoms with Crippen LogP contribution in [-0.2, 0) is 4.74 Å². The van der Waals surface area contributed by atoms with Crippen LogP contribution in [0.2, 0.25) is 0 Å². The van der Waals surface area contributed by atoms with Crippen LogP contribution in [0, 0.1) is 18.3 Å². The van der Waals surface area contributed by atoms with Crippen LogP contribution in [0.4, 0.5) is 10.7 Å². The molecule has 1 aromatic heterocycles. The lowest BCUT2D eigenvalue weighted by atomic mass is 10.1. The lowest BCUT2D eigenvalue weighted by Crippen LogP contribution is -2.29. The molecule has 1 aromatic rings. The van der Waals surface area contributed by atoms with Gasteiger partial charge in [0.15, 0.2) is 0 Å². The van der Waals surface area contributed by atoms with Crippen molar-refractivity contribution >= 4 is 17.9 Å². The lowest BCUT2D eigenvalue weighted by Gasteiger charge is -2.03. The Labute approximate surface area is 110 Å². The number of amides is 2. The first kappa shape index (κ1) is 14.6. The van der Waals surface area contributed by atoms with Gasteiger partial charge in [0, 0.05) is 6.54 Å². The molecule has 1 rings (SSSR count). The molecular weight excluding hydrogens is 250 g/mol. The van der Waals surface area contributed by atoms with Crippen LogP contribution in [0.3, 0.4) is 0 Å². The van der Waals surface area contributed by atoms with Crippen molar-refractivity contribution in [3.8, 4) is 6.07 Å². The SMILES string of the molecule is CCCNC(=O)Nc1oc(C)c(C(=O)OC)c1C#N. The van der Waals surface area contributed by atoms with Crippen molar-refractivity contribution < 1.29 is 18.7 Å². The van der Waals surface area contributed by atoms with Crippen molar-refractivity contribution in [2.45, 2.75) is 20.3 Å². The Morgan fingerprint density at radius 1 is 1.47 bits per heavy atom. The highest BCUT2D eigenvalue weighted by Crippen LogP contribution is 2.26. The molecule has 1 heterocycles. The maximum Gasteiger partial charge on any atom is 0.342 e. The smallest absolute Gasteiger partial charge is 0.342 e. The molecule has 102 valence electrons. The van der Waals surface area contributed by atoms with Gasteiger partial charge >= 0.3 is 12.0 Å². The molecule has 0 aliphatic rings. The number of esters is 1. The number of furan rings is 1. The van der Waals surface area contributed by atoms with E-state index in [1.54, 1.807) is 0 Å². The van der Waals surface area contributed by atoms with E-state index in [4.69, 9.17) is 9.68 Å². The van der Waals surface area contributed by atoms with Crippen molar-refractivity contribution in [3.63, 3.8) is 0 Å². The second-order valence-electron chi connectivity index (χ2n) is 3.72.